The lowest BCUT2D eigenvalue weighted by Crippen LogP contribution is -2.42. The van der Waals surface area contributed by atoms with Crippen molar-refractivity contribution in [2.75, 3.05) is 0 Å². The number of Topliss-reactive ketones (excluding diaryl/α,β-unsaturated/α-hetero) is 1. The van der Waals surface area contributed by atoms with Gasteiger partial charge in [0.05, 0.1) is 0 Å². The Morgan fingerprint density at radius 2 is 2.46 bits per heavy atom. The molecule has 74 valence electrons. The zero-order valence-corrected chi connectivity index (χ0v) is 8.25. The second-order valence-corrected chi connectivity index (χ2v) is 4.20. The molecule has 0 unspecified atom stereocenters. The van der Waals surface area contributed by atoms with Crippen molar-refractivity contribution in [3.05, 3.63) is 12.7 Å². The number of hydrogen-bond donors (Lipinski definition) is 1. The summed E-state index contributed by atoms with van der Waals surface area (Å²) in [4.78, 5) is 11.3. The zero-order chi connectivity index (χ0) is 9.90. The lowest BCUT2D eigenvalue weighted by molar-refractivity contribution is -0.138. The van der Waals surface area contributed by atoms with Gasteiger partial charge >= 0.3 is 0 Å². The highest BCUT2D eigenvalue weighted by Gasteiger charge is 2.39. The smallest absolute Gasteiger partial charge is 0.161 e. The molecule has 13 heavy (non-hydrogen) atoms. The molecule has 1 fully saturated rings. The first-order valence-corrected chi connectivity index (χ1v) is 4.92. The lowest BCUT2D eigenvalue weighted by atomic mass is 9.70. The maximum atomic E-state index is 11.3. The average Bonchev–Trinajstić information content (AvgIpc) is 2.11. The molecule has 0 bridgehead atoms. The Morgan fingerprint density at radius 1 is 1.77 bits per heavy atom. The van der Waals surface area contributed by atoms with Crippen LogP contribution < -0.4 is 0 Å². The molecule has 1 rings (SSSR count). The van der Waals surface area contributed by atoms with E-state index in [0.29, 0.717) is 6.42 Å². The van der Waals surface area contributed by atoms with Gasteiger partial charge in [-0.2, -0.15) is 0 Å². The van der Waals surface area contributed by atoms with Crippen LogP contribution in [-0.2, 0) is 4.79 Å². The minimum absolute atomic E-state index is 0.0119. The predicted molar refractivity (Wildman–Crippen MR) is 52.4 cm³/mol. The second kappa shape index (κ2) is 4.05. The summed E-state index contributed by atoms with van der Waals surface area (Å²) in [5.74, 6) is 0.0119. The third kappa shape index (κ3) is 2.19. The summed E-state index contributed by atoms with van der Waals surface area (Å²) >= 11 is 0. The molecule has 0 aromatic rings. The maximum Gasteiger partial charge on any atom is 0.161 e. The minimum atomic E-state index is -0.749. The van der Waals surface area contributed by atoms with Crippen LogP contribution in [0.2, 0.25) is 0 Å². The Labute approximate surface area is 79.6 Å². The van der Waals surface area contributed by atoms with E-state index in [9.17, 15) is 9.90 Å². The van der Waals surface area contributed by atoms with E-state index in [4.69, 9.17) is 0 Å². The number of ketones is 1. The average molecular weight is 182 g/mol. The first kappa shape index (κ1) is 10.5. The highest BCUT2D eigenvalue weighted by Crippen LogP contribution is 2.38. The SMILES string of the molecule is C=CCC[C@]1(C)CCCC(=O)[C@H]1O. The molecule has 0 radical (unpaired) electrons. The number of allylic oxidation sites excluding steroid dienone is 1. The summed E-state index contributed by atoms with van der Waals surface area (Å²) in [6.45, 7) is 5.65. The van der Waals surface area contributed by atoms with Gasteiger partial charge in [-0.25, -0.2) is 0 Å². The van der Waals surface area contributed by atoms with Gasteiger partial charge in [-0.15, -0.1) is 6.58 Å². The number of aliphatic hydroxyl groups excluding tert-OH is 1. The van der Waals surface area contributed by atoms with Crippen LogP contribution in [0.5, 0.6) is 0 Å². The Balaban J connectivity index is 2.63. The molecule has 1 N–H and O–H groups in total. The summed E-state index contributed by atoms with van der Waals surface area (Å²) in [6.07, 6.45) is 5.25. The zero-order valence-electron chi connectivity index (χ0n) is 8.25. The Kier molecular flexibility index (Phi) is 3.26. The molecule has 0 heterocycles. The molecule has 2 nitrogen and oxygen atoms in total. The topological polar surface area (TPSA) is 37.3 Å². The minimum Gasteiger partial charge on any atom is -0.385 e. The van der Waals surface area contributed by atoms with Crippen LogP contribution in [0, 0.1) is 5.41 Å². The number of carbonyl (C=O) groups excluding carboxylic acids is 1. The number of hydrogen-bond acceptors (Lipinski definition) is 2. The van der Waals surface area contributed by atoms with Crippen molar-refractivity contribution in [3.63, 3.8) is 0 Å². The first-order valence-electron chi connectivity index (χ1n) is 4.92. The van der Waals surface area contributed by atoms with E-state index in [0.717, 1.165) is 25.7 Å². The maximum absolute atomic E-state index is 11.3. The molecular formula is C11H18O2. The van der Waals surface area contributed by atoms with Crippen molar-refractivity contribution in [3.8, 4) is 0 Å². The Bertz CT molecular complexity index is 210. The molecule has 1 aliphatic carbocycles. The fourth-order valence-electron chi connectivity index (χ4n) is 2.02. The lowest BCUT2D eigenvalue weighted by Gasteiger charge is -2.37. The van der Waals surface area contributed by atoms with Gasteiger partial charge in [-0.05, 0) is 25.7 Å². The van der Waals surface area contributed by atoms with Gasteiger partial charge < -0.3 is 5.11 Å². The predicted octanol–water partition coefficient (Wildman–Crippen LogP) is 2.07. The van der Waals surface area contributed by atoms with Gasteiger partial charge in [0.25, 0.3) is 0 Å². The van der Waals surface area contributed by atoms with Crippen molar-refractivity contribution in [1.29, 1.82) is 0 Å². The molecule has 1 aliphatic rings. The highest BCUT2D eigenvalue weighted by atomic mass is 16.3. The molecule has 0 aromatic heterocycles. The standard InChI is InChI=1S/C11H18O2/c1-3-4-7-11(2)8-5-6-9(12)10(11)13/h3,10,13H,1,4-8H2,2H3/t10-,11-/m1/s1. The summed E-state index contributed by atoms with van der Waals surface area (Å²) in [6, 6.07) is 0. The Morgan fingerprint density at radius 3 is 3.08 bits per heavy atom. The van der Waals surface area contributed by atoms with Gasteiger partial charge in [0.15, 0.2) is 5.78 Å². The summed E-state index contributed by atoms with van der Waals surface area (Å²) in [7, 11) is 0. The third-order valence-electron chi connectivity index (χ3n) is 3.06. The van der Waals surface area contributed by atoms with Gasteiger partial charge in [0, 0.05) is 11.8 Å². The fourth-order valence-corrected chi connectivity index (χ4v) is 2.02. The van der Waals surface area contributed by atoms with E-state index >= 15 is 0 Å². The van der Waals surface area contributed by atoms with Gasteiger partial charge in [-0.3, -0.25) is 4.79 Å². The molecule has 2 atom stereocenters. The molecule has 0 spiro atoms. The van der Waals surface area contributed by atoms with E-state index in [1.807, 2.05) is 13.0 Å². The van der Waals surface area contributed by atoms with Crippen molar-refractivity contribution in [2.45, 2.75) is 45.1 Å². The van der Waals surface area contributed by atoms with Crippen molar-refractivity contribution in [2.24, 2.45) is 5.41 Å². The van der Waals surface area contributed by atoms with Crippen LogP contribution >= 0.6 is 0 Å². The third-order valence-corrected chi connectivity index (χ3v) is 3.06. The normalized spacial score (nSPS) is 34.6. The first-order chi connectivity index (χ1) is 6.10. The van der Waals surface area contributed by atoms with Crippen LogP contribution in [0.15, 0.2) is 12.7 Å². The van der Waals surface area contributed by atoms with Gasteiger partial charge in [-0.1, -0.05) is 13.0 Å². The molecule has 0 amide bonds. The van der Waals surface area contributed by atoms with Gasteiger partial charge in [0.1, 0.15) is 6.10 Å². The van der Waals surface area contributed by atoms with Crippen LogP contribution in [-0.4, -0.2) is 17.0 Å². The van der Waals surface area contributed by atoms with E-state index in [2.05, 4.69) is 6.58 Å². The van der Waals surface area contributed by atoms with Crippen molar-refractivity contribution >= 4 is 5.78 Å². The Hall–Kier alpha value is -0.630. The van der Waals surface area contributed by atoms with Crippen LogP contribution in [0.3, 0.4) is 0 Å². The van der Waals surface area contributed by atoms with Crippen molar-refractivity contribution in [1.82, 2.24) is 0 Å². The van der Waals surface area contributed by atoms with Crippen LogP contribution in [0.4, 0.5) is 0 Å². The van der Waals surface area contributed by atoms with E-state index in [-0.39, 0.29) is 11.2 Å². The van der Waals surface area contributed by atoms with E-state index in [1.54, 1.807) is 0 Å². The number of aliphatic hydroxyl groups is 1. The molecular weight excluding hydrogens is 164 g/mol. The monoisotopic (exact) mass is 182 g/mol. The second-order valence-electron chi connectivity index (χ2n) is 4.20. The van der Waals surface area contributed by atoms with Crippen LogP contribution in [0.1, 0.15) is 39.0 Å². The summed E-state index contributed by atoms with van der Waals surface area (Å²) < 4.78 is 0. The molecule has 0 aromatic carbocycles. The molecule has 2 heteroatoms. The largest absolute Gasteiger partial charge is 0.385 e. The van der Waals surface area contributed by atoms with E-state index in [1.165, 1.54) is 0 Å². The molecule has 0 aliphatic heterocycles. The van der Waals surface area contributed by atoms with E-state index < -0.39 is 6.10 Å². The molecule has 0 saturated heterocycles. The number of rotatable bonds is 3. The summed E-state index contributed by atoms with van der Waals surface area (Å²) in [5, 5.41) is 9.74. The summed E-state index contributed by atoms with van der Waals surface area (Å²) in [5.41, 5.74) is -0.205. The number of carbonyl (C=O) groups is 1. The van der Waals surface area contributed by atoms with Crippen LogP contribution in [0.25, 0.3) is 0 Å². The fraction of sp³-hybridized carbons (Fsp3) is 0.727. The highest BCUT2D eigenvalue weighted by molar-refractivity contribution is 5.84. The molecule has 1 saturated carbocycles. The quantitative estimate of drug-likeness (QED) is 0.678. The van der Waals surface area contributed by atoms with Gasteiger partial charge in [0.2, 0.25) is 0 Å². The van der Waals surface area contributed by atoms with Crippen molar-refractivity contribution < 1.29 is 9.90 Å².